The number of nitrogens with one attached hydrogen (secondary N) is 1. The molecule has 0 radical (unpaired) electrons. The Balaban J connectivity index is 2.41. The van der Waals surface area contributed by atoms with Crippen LogP contribution in [0.3, 0.4) is 0 Å². The van der Waals surface area contributed by atoms with Gasteiger partial charge in [0.2, 0.25) is 0 Å². The molecule has 7 N–H and O–H groups in total. The molecule has 0 spiro atoms. The predicted octanol–water partition coefficient (Wildman–Crippen LogP) is 2.25. The van der Waals surface area contributed by atoms with E-state index in [4.69, 9.17) is 10.8 Å². The van der Waals surface area contributed by atoms with E-state index in [1.54, 1.807) is 30.3 Å². The molecule has 0 aliphatic carbocycles. The van der Waals surface area contributed by atoms with Crippen molar-refractivity contribution in [3.63, 3.8) is 0 Å². The molecular formula is C13H16N2O5S. The number of hydrogen-bond donors (Lipinski definition) is 6. The van der Waals surface area contributed by atoms with Crippen LogP contribution in [0.1, 0.15) is 0 Å². The number of anilines is 1. The van der Waals surface area contributed by atoms with E-state index in [2.05, 4.69) is 5.32 Å². The normalized spacial score (nSPS) is 13.9. The minimum Gasteiger partial charge on any atom is -0.480 e. The van der Waals surface area contributed by atoms with Crippen LogP contribution in [0.2, 0.25) is 0 Å². The maximum absolute atomic E-state index is 10.7. The van der Waals surface area contributed by atoms with Crippen LogP contribution in [-0.4, -0.2) is 37.3 Å². The smallest absolute Gasteiger partial charge is 0.322 e. The molecule has 0 aromatic heterocycles. The Labute approximate surface area is 122 Å². The van der Waals surface area contributed by atoms with Gasteiger partial charge in [-0.2, -0.15) is 0 Å². The Morgan fingerprint density at radius 1 is 1.14 bits per heavy atom. The molecule has 21 heavy (non-hydrogen) atoms. The van der Waals surface area contributed by atoms with Crippen molar-refractivity contribution < 1.29 is 23.6 Å². The summed E-state index contributed by atoms with van der Waals surface area (Å²) < 4.78 is 28.3. The van der Waals surface area contributed by atoms with Crippen LogP contribution in [0.15, 0.2) is 41.3 Å². The third kappa shape index (κ3) is 3.43. The first-order chi connectivity index (χ1) is 9.80. The van der Waals surface area contributed by atoms with Gasteiger partial charge in [-0.3, -0.25) is 4.79 Å². The Morgan fingerprint density at radius 2 is 1.76 bits per heavy atom. The second kappa shape index (κ2) is 5.88. The molecule has 0 saturated carbocycles. The maximum atomic E-state index is 10.7. The van der Waals surface area contributed by atoms with Crippen molar-refractivity contribution in [2.75, 3.05) is 11.9 Å². The zero-order chi connectivity index (χ0) is 15.6. The van der Waals surface area contributed by atoms with Crippen LogP contribution in [0.5, 0.6) is 0 Å². The summed E-state index contributed by atoms with van der Waals surface area (Å²) >= 11 is 0. The highest BCUT2D eigenvalue weighted by Crippen LogP contribution is 2.47. The number of aliphatic carboxylic acids is 1. The number of carboxylic acids is 1. The van der Waals surface area contributed by atoms with E-state index >= 15 is 0 Å². The topological polar surface area (TPSA) is 136 Å². The lowest BCUT2D eigenvalue weighted by Crippen LogP contribution is -2.36. The Morgan fingerprint density at radius 3 is 2.38 bits per heavy atom. The molecule has 2 aromatic carbocycles. The molecule has 0 amide bonds. The van der Waals surface area contributed by atoms with Gasteiger partial charge in [-0.15, -0.1) is 0 Å². The summed E-state index contributed by atoms with van der Waals surface area (Å²) in [4.78, 5) is 10.7. The molecule has 0 aliphatic heterocycles. The summed E-state index contributed by atoms with van der Waals surface area (Å²) in [6.45, 7) is 0.0219. The lowest BCUT2D eigenvalue weighted by atomic mass is 10.1. The Kier molecular flexibility index (Phi) is 4.35. The highest BCUT2D eigenvalue weighted by molar-refractivity contribution is 8.19. The van der Waals surface area contributed by atoms with Crippen LogP contribution in [0.4, 0.5) is 5.69 Å². The predicted molar refractivity (Wildman–Crippen MR) is 81.8 cm³/mol. The summed E-state index contributed by atoms with van der Waals surface area (Å²) in [7, 11) is -3.84. The van der Waals surface area contributed by atoms with Crippen LogP contribution in [0, 0.1) is 0 Å². The zero-order valence-corrected chi connectivity index (χ0v) is 11.7. The monoisotopic (exact) mass is 312 g/mol. The van der Waals surface area contributed by atoms with E-state index in [-0.39, 0.29) is 11.4 Å². The summed E-state index contributed by atoms with van der Waals surface area (Å²) in [6, 6.07) is 8.67. The van der Waals surface area contributed by atoms with Crippen LogP contribution in [-0.2, 0) is 4.79 Å². The Hall–Kier alpha value is -1.84. The van der Waals surface area contributed by atoms with Gasteiger partial charge in [0.05, 0.1) is 4.90 Å². The van der Waals surface area contributed by atoms with Crippen molar-refractivity contribution in [2.45, 2.75) is 10.9 Å². The van der Waals surface area contributed by atoms with Gasteiger partial charge in [-0.05, 0) is 12.1 Å². The van der Waals surface area contributed by atoms with Gasteiger partial charge in [0.1, 0.15) is 16.9 Å². The number of fused-ring (bicyclic) bond motifs is 1. The number of hydrogen-bond acceptors (Lipinski definition) is 6. The average molecular weight is 312 g/mol. The number of benzene rings is 2. The quantitative estimate of drug-likeness (QED) is 0.498. The number of carboxylic acid groups (broad SMARTS) is 1. The summed E-state index contributed by atoms with van der Waals surface area (Å²) in [5, 5.41) is 12.8. The fourth-order valence-corrected chi connectivity index (χ4v) is 2.72. The van der Waals surface area contributed by atoms with Gasteiger partial charge >= 0.3 is 5.97 Å². The van der Waals surface area contributed by atoms with Crippen molar-refractivity contribution in [3.05, 3.63) is 36.4 Å². The average Bonchev–Trinajstić information content (AvgIpc) is 2.42. The molecule has 7 nitrogen and oxygen atoms in total. The highest BCUT2D eigenvalue weighted by atomic mass is 32.3. The summed E-state index contributed by atoms with van der Waals surface area (Å²) in [6.07, 6.45) is 0. The molecule has 8 heteroatoms. The van der Waals surface area contributed by atoms with Crippen LogP contribution in [0.25, 0.3) is 10.8 Å². The summed E-state index contributed by atoms with van der Waals surface area (Å²) in [5.41, 5.74) is 6.02. The van der Waals surface area contributed by atoms with Crippen molar-refractivity contribution in [1.29, 1.82) is 0 Å². The Bertz CT molecular complexity index is 671. The van der Waals surface area contributed by atoms with Crippen molar-refractivity contribution in [3.8, 4) is 0 Å². The molecule has 0 aliphatic rings. The van der Waals surface area contributed by atoms with E-state index < -0.39 is 22.9 Å². The van der Waals surface area contributed by atoms with E-state index in [1.807, 2.05) is 0 Å². The molecule has 1 atom stereocenters. The SMILES string of the molecule is NC(CNc1cccc2c(S(O)(O)O)cccc12)C(=O)O. The fourth-order valence-electron chi connectivity index (χ4n) is 1.98. The molecule has 2 aromatic rings. The third-order valence-electron chi connectivity index (χ3n) is 3.01. The molecule has 0 fully saturated rings. The second-order valence-electron chi connectivity index (χ2n) is 4.50. The first-order valence-corrected chi connectivity index (χ1v) is 7.56. The lowest BCUT2D eigenvalue weighted by molar-refractivity contribution is -0.138. The van der Waals surface area contributed by atoms with E-state index in [1.165, 1.54) is 6.07 Å². The largest absolute Gasteiger partial charge is 0.480 e. The number of nitrogens with two attached hydrogens (primary N) is 1. The van der Waals surface area contributed by atoms with Crippen LogP contribution >= 0.6 is 10.9 Å². The minimum atomic E-state index is -3.84. The van der Waals surface area contributed by atoms with Crippen molar-refractivity contribution in [2.24, 2.45) is 5.73 Å². The highest BCUT2D eigenvalue weighted by Gasteiger charge is 2.19. The van der Waals surface area contributed by atoms with E-state index in [9.17, 15) is 18.5 Å². The molecule has 0 bridgehead atoms. The van der Waals surface area contributed by atoms with E-state index in [0.29, 0.717) is 16.5 Å². The van der Waals surface area contributed by atoms with Gasteiger partial charge in [-0.25, -0.2) is 0 Å². The molecule has 1 unspecified atom stereocenters. The maximum Gasteiger partial charge on any atom is 0.322 e. The van der Waals surface area contributed by atoms with Crippen molar-refractivity contribution >= 4 is 33.3 Å². The van der Waals surface area contributed by atoms with Gasteiger partial charge in [0, 0.05) is 23.0 Å². The number of carbonyl (C=O) groups is 1. The van der Waals surface area contributed by atoms with Gasteiger partial charge in [0.15, 0.2) is 0 Å². The second-order valence-corrected chi connectivity index (χ2v) is 5.98. The van der Waals surface area contributed by atoms with E-state index in [0.717, 1.165) is 0 Å². The van der Waals surface area contributed by atoms with Gasteiger partial charge in [-0.1, -0.05) is 24.3 Å². The molecule has 114 valence electrons. The van der Waals surface area contributed by atoms with Crippen LogP contribution < -0.4 is 11.1 Å². The molecular weight excluding hydrogens is 296 g/mol. The van der Waals surface area contributed by atoms with Crippen molar-refractivity contribution in [1.82, 2.24) is 0 Å². The number of rotatable bonds is 5. The first kappa shape index (κ1) is 15.5. The standard InChI is InChI=1S/C13H16N2O5S/c14-10(13(16)17)7-15-11-5-1-4-9-8(11)3-2-6-12(9)21(18,19)20/h1-6,10,15,18-20H,7,14H2,(H,16,17). The molecule has 2 rings (SSSR count). The summed E-state index contributed by atoms with van der Waals surface area (Å²) in [5.74, 6) is -1.12. The molecule has 0 saturated heterocycles. The first-order valence-electron chi connectivity index (χ1n) is 6.05. The van der Waals surface area contributed by atoms with Gasteiger partial charge in [0.25, 0.3) is 0 Å². The molecule has 0 heterocycles. The van der Waals surface area contributed by atoms with Gasteiger partial charge < -0.3 is 29.8 Å². The third-order valence-corrected chi connectivity index (χ3v) is 3.95. The minimum absolute atomic E-state index is 0.0196. The zero-order valence-electron chi connectivity index (χ0n) is 10.9. The fraction of sp³-hybridized carbons (Fsp3) is 0.154. The lowest BCUT2D eigenvalue weighted by Gasteiger charge is -2.22.